The van der Waals surface area contributed by atoms with E-state index in [0.29, 0.717) is 24.8 Å². The van der Waals surface area contributed by atoms with Crippen LogP contribution in [0, 0.1) is 0 Å². The minimum absolute atomic E-state index is 0.00957. The van der Waals surface area contributed by atoms with E-state index in [9.17, 15) is 19.2 Å². The fourth-order valence-electron chi connectivity index (χ4n) is 4.59. The molecule has 3 aromatic rings. The molecule has 4 rings (SSSR count). The summed E-state index contributed by atoms with van der Waals surface area (Å²) in [4.78, 5) is 58.5. The van der Waals surface area contributed by atoms with Gasteiger partial charge in [0.05, 0.1) is 6.54 Å². The highest BCUT2D eigenvalue weighted by Crippen LogP contribution is 2.23. The Morgan fingerprint density at radius 2 is 2.00 bits per heavy atom. The smallest absolute Gasteiger partial charge is 0.332 e. The molecule has 1 unspecified atom stereocenters. The number of amides is 1. The maximum Gasteiger partial charge on any atom is 0.332 e. The van der Waals surface area contributed by atoms with E-state index in [-0.39, 0.29) is 35.3 Å². The number of aromatic nitrogens is 4. The Labute approximate surface area is 225 Å². The molecule has 1 aliphatic heterocycles. The van der Waals surface area contributed by atoms with E-state index >= 15 is 0 Å². The van der Waals surface area contributed by atoms with Crippen LogP contribution in [-0.2, 0) is 24.9 Å². The number of nitrogens with two attached hydrogens (primary N) is 1. The molecule has 3 heterocycles. The Morgan fingerprint density at radius 3 is 2.69 bits per heavy atom. The zero-order chi connectivity index (χ0) is 28.3. The largest absolute Gasteiger partial charge is 0.484 e. The normalized spacial score (nSPS) is 15.3. The number of carbonyl (C=O) groups excluding carboxylic acids is 2. The Balaban J connectivity index is 1.76. The van der Waals surface area contributed by atoms with Crippen molar-refractivity contribution < 1.29 is 14.3 Å². The first kappa shape index (κ1) is 27.8. The van der Waals surface area contributed by atoms with Crippen molar-refractivity contribution in [1.82, 2.24) is 24.0 Å². The van der Waals surface area contributed by atoms with Gasteiger partial charge in [0.15, 0.2) is 23.6 Å². The van der Waals surface area contributed by atoms with E-state index in [1.807, 2.05) is 19.9 Å². The molecule has 1 aliphatic rings. The highest BCUT2D eigenvalue weighted by Gasteiger charge is 2.26. The number of rotatable bonds is 9. The van der Waals surface area contributed by atoms with Gasteiger partial charge in [0.1, 0.15) is 5.75 Å². The number of nitrogens with one attached hydrogen (secondary N) is 1. The Morgan fingerprint density at radius 1 is 1.23 bits per heavy atom. The molecule has 12 nitrogen and oxygen atoms in total. The third kappa shape index (κ3) is 5.95. The molecule has 0 bridgehead atoms. The average Bonchev–Trinajstić information content (AvgIpc) is 3.31. The molecule has 1 aromatic carbocycles. The number of Topliss-reactive ketones (excluding diaryl/α,β-unsaturated/α-hetero) is 1. The number of hydrogen-bond donors (Lipinski definition) is 2. The molecule has 2 aromatic heterocycles. The third-order valence-corrected chi connectivity index (χ3v) is 6.74. The van der Waals surface area contributed by atoms with Crippen LogP contribution in [-0.4, -0.2) is 63.2 Å². The van der Waals surface area contributed by atoms with Gasteiger partial charge >= 0.3 is 5.69 Å². The second-order valence-electron chi connectivity index (χ2n) is 9.97. The van der Waals surface area contributed by atoms with Crippen molar-refractivity contribution in [2.45, 2.75) is 45.8 Å². The molecule has 0 aliphatic carbocycles. The van der Waals surface area contributed by atoms with Gasteiger partial charge in [-0.15, -0.1) is 0 Å². The number of allylic oxidation sites excluding steroid dienone is 2. The van der Waals surface area contributed by atoms with Crippen LogP contribution in [0.1, 0.15) is 37.0 Å². The molecule has 0 spiro atoms. The Hall–Kier alpha value is -4.19. The predicted molar refractivity (Wildman–Crippen MR) is 148 cm³/mol. The van der Waals surface area contributed by atoms with Gasteiger partial charge in [0.25, 0.3) is 11.5 Å². The van der Waals surface area contributed by atoms with Gasteiger partial charge in [-0.05, 0) is 38.8 Å². The number of ketones is 1. The standard InChI is InChI=1S/C27H35N7O5/c1-17(2)10-12-33-23-24(30-26(33)32-11-6-8-19(28)14-32)31(4)27(38)34(25(23)37)15-21(35)18-7-5-9-20(13-18)39-16-22(36)29-3/h5,7,9-10,13,19H,6,8,11-12,14-16,28H2,1-4H3,(H,29,36). The lowest BCUT2D eigenvalue weighted by Crippen LogP contribution is -2.44. The maximum absolute atomic E-state index is 13.8. The maximum atomic E-state index is 13.8. The van der Waals surface area contributed by atoms with Crippen molar-refractivity contribution in [3.8, 4) is 5.75 Å². The summed E-state index contributed by atoms with van der Waals surface area (Å²) in [7, 11) is 3.04. The number of likely N-dealkylation sites (N-methyl/N-ethyl adjacent to an activating group) is 1. The number of hydrogen-bond acceptors (Lipinski definition) is 8. The second-order valence-corrected chi connectivity index (χ2v) is 9.97. The summed E-state index contributed by atoms with van der Waals surface area (Å²) in [6.45, 7) is 4.99. The van der Waals surface area contributed by atoms with Crippen LogP contribution in [0.25, 0.3) is 11.2 Å². The number of piperidine rings is 1. The minimum Gasteiger partial charge on any atom is -0.484 e. The SMILES string of the molecule is CNC(=O)COc1cccc(C(=O)Cn2c(=O)c3c(nc(N4CCCC(N)C4)n3CC=C(C)C)n(C)c2=O)c1. The summed E-state index contributed by atoms with van der Waals surface area (Å²) in [5.74, 6) is 0.140. The fourth-order valence-corrected chi connectivity index (χ4v) is 4.59. The van der Waals surface area contributed by atoms with Gasteiger partial charge in [0, 0.05) is 45.3 Å². The van der Waals surface area contributed by atoms with E-state index in [1.54, 1.807) is 29.8 Å². The number of anilines is 1. The zero-order valence-electron chi connectivity index (χ0n) is 22.8. The van der Waals surface area contributed by atoms with Crippen LogP contribution in [0.3, 0.4) is 0 Å². The molecule has 208 valence electrons. The molecule has 1 amide bonds. The van der Waals surface area contributed by atoms with Crippen molar-refractivity contribution in [1.29, 1.82) is 0 Å². The lowest BCUT2D eigenvalue weighted by Gasteiger charge is -2.31. The third-order valence-electron chi connectivity index (χ3n) is 6.74. The van der Waals surface area contributed by atoms with Gasteiger partial charge < -0.3 is 25.3 Å². The number of carbonyl (C=O) groups is 2. The van der Waals surface area contributed by atoms with Crippen LogP contribution in [0.2, 0.25) is 0 Å². The number of fused-ring (bicyclic) bond motifs is 1. The van der Waals surface area contributed by atoms with Crippen LogP contribution in [0.4, 0.5) is 5.95 Å². The highest BCUT2D eigenvalue weighted by molar-refractivity contribution is 5.96. The fraction of sp³-hybridized carbons (Fsp3) is 0.444. The van der Waals surface area contributed by atoms with Gasteiger partial charge in [-0.1, -0.05) is 23.8 Å². The molecule has 0 saturated carbocycles. The van der Waals surface area contributed by atoms with Crippen LogP contribution < -0.4 is 31.9 Å². The summed E-state index contributed by atoms with van der Waals surface area (Å²) < 4.78 is 9.47. The summed E-state index contributed by atoms with van der Waals surface area (Å²) in [5, 5.41) is 2.46. The van der Waals surface area contributed by atoms with E-state index in [4.69, 9.17) is 15.5 Å². The summed E-state index contributed by atoms with van der Waals surface area (Å²) in [6.07, 6.45) is 3.80. The number of nitrogens with zero attached hydrogens (tertiary/aromatic N) is 5. The molecular formula is C27H35N7O5. The first-order chi connectivity index (χ1) is 18.6. The molecule has 0 radical (unpaired) electrons. The van der Waals surface area contributed by atoms with E-state index in [2.05, 4.69) is 10.2 Å². The van der Waals surface area contributed by atoms with E-state index in [1.165, 1.54) is 17.7 Å². The first-order valence-corrected chi connectivity index (χ1v) is 12.9. The molecule has 1 saturated heterocycles. The van der Waals surface area contributed by atoms with Crippen LogP contribution in [0.15, 0.2) is 45.5 Å². The summed E-state index contributed by atoms with van der Waals surface area (Å²) in [5.41, 5.74) is 6.82. The Bertz CT molecular complexity index is 1540. The van der Waals surface area contributed by atoms with E-state index in [0.717, 1.165) is 29.5 Å². The molecule has 1 atom stereocenters. The summed E-state index contributed by atoms with van der Waals surface area (Å²) >= 11 is 0. The number of ether oxygens (including phenoxy) is 1. The van der Waals surface area contributed by atoms with Crippen molar-refractivity contribution in [2.24, 2.45) is 12.8 Å². The summed E-state index contributed by atoms with van der Waals surface area (Å²) in [6, 6.07) is 6.27. The topological polar surface area (TPSA) is 146 Å². The van der Waals surface area contributed by atoms with Crippen LogP contribution >= 0.6 is 0 Å². The first-order valence-electron chi connectivity index (χ1n) is 12.9. The average molecular weight is 538 g/mol. The molecular weight excluding hydrogens is 502 g/mol. The Kier molecular flexibility index (Phi) is 8.34. The van der Waals surface area contributed by atoms with Crippen molar-refractivity contribution in [3.63, 3.8) is 0 Å². The number of imidazole rings is 1. The number of aryl methyl sites for hydroxylation is 1. The molecule has 1 fully saturated rings. The van der Waals surface area contributed by atoms with Crippen molar-refractivity contribution >= 4 is 28.8 Å². The van der Waals surface area contributed by atoms with Crippen LogP contribution in [0.5, 0.6) is 5.75 Å². The molecule has 12 heteroatoms. The van der Waals surface area contributed by atoms with Gasteiger partial charge in [-0.2, -0.15) is 4.98 Å². The lowest BCUT2D eigenvalue weighted by atomic mass is 10.1. The highest BCUT2D eigenvalue weighted by atomic mass is 16.5. The van der Waals surface area contributed by atoms with E-state index < -0.39 is 23.6 Å². The predicted octanol–water partition coefficient (Wildman–Crippen LogP) is 0.798. The van der Waals surface area contributed by atoms with Gasteiger partial charge in [0.2, 0.25) is 5.95 Å². The lowest BCUT2D eigenvalue weighted by molar-refractivity contribution is -0.122. The zero-order valence-corrected chi connectivity index (χ0v) is 22.8. The quantitative estimate of drug-likeness (QED) is 0.301. The minimum atomic E-state index is -0.637. The van der Waals surface area contributed by atoms with Gasteiger partial charge in [-0.3, -0.25) is 23.5 Å². The van der Waals surface area contributed by atoms with Gasteiger partial charge in [-0.25, -0.2) is 4.79 Å². The van der Waals surface area contributed by atoms with Crippen molar-refractivity contribution in [3.05, 3.63) is 62.3 Å². The monoisotopic (exact) mass is 537 g/mol. The number of benzene rings is 1. The molecule has 3 N–H and O–H groups in total. The van der Waals surface area contributed by atoms with Crippen molar-refractivity contribution in [2.75, 3.05) is 31.6 Å². The molecule has 39 heavy (non-hydrogen) atoms. The second kappa shape index (κ2) is 11.7.